The van der Waals surface area contributed by atoms with Crippen molar-refractivity contribution in [2.24, 2.45) is 11.7 Å². The maximum atomic E-state index is 5.94. The average molecular weight is 287 g/mol. The molecule has 5 heteroatoms. The second-order valence-corrected chi connectivity index (χ2v) is 5.32. The topological polar surface area (TPSA) is 47.3 Å². The molecule has 0 radical (unpaired) electrons. The molecule has 1 aromatic carbocycles. The molecule has 0 bridgehead atoms. The molecule has 3 nitrogen and oxygen atoms in total. The van der Waals surface area contributed by atoms with Crippen LogP contribution in [0.5, 0.6) is 5.75 Å². The molecule has 0 aromatic heterocycles. The van der Waals surface area contributed by atoms with Crippen molar-refractivity contribution in [1.29, 1.82) is 0 Å². The van der Waals surface area contributed by atoms with Gasteiger partial charge in [-0.1, -0.05) is 23.2 Å². The highest BCUT2D eigenvalue weighted by Gasteiger charge is 2.17. The SMILES string of the molecule is C[C@@H](C[C@H]1C=C(N)NC1)Oc1ccc(Cl)c(Cl)c1. The summed E-state index contributed by atoms with van der Waals surface area (Å²) in [5, 5.41) is 4.14. The zero-order chi connectivity index (χ0) is 13.1. The van der Waals surface area contributed by atoms with Gasteiger partial charge in [0.1, 0.15) is 5.75 Å². The van der Waals surface area contributed by atoms with Gasteiger partial charge in [-0.15, -0.1) is 0 Å². The highest BCUT2D eigenvalue weighted by molar-refractivity contribution is 6.42. The summed E-state index contributed by atoms with van der Waals surface area (Å²) in [4.78, 5) is 0. The molecule has 1 aromatic rings. The van der Waals surface area contributed by atoms with Gasteiger partial charge in [-0.2, -0.15) is 0 Å². The van der Waals surface area contributed by atoms with Crippen LogP contribution in [-0.4, -0.2) is 12.6 Å². The van der Waals surface area contributed by atoms with Gasteiger partial charge in [-0.05, 0) is 31.6 Å². The molecular formula is C13H16Cl2N2O. The van der Waals surface area contributed by atoms with E-state index >= 15 is 0 Å². The Labute approximate surface area is 117 Å². The smallest absolute Gasteiger partial charge is 0.121 e. The van der Waals surface area contributed by atoms with Crippen molar-refractivity contribution < 1.29 is 4.74 Å². The van der Waals surface area contributed by atoms with Gasteiger partial charge in [-0.25, -0.2) is 0 Å². The Bertz CT molecular complexity index is 462. The first-order chi connectivity index (χ1) is 8.54. The third-order valence-corrected chi connectivity index (χ3v) is 3.59. The summed E-state index contributed by atoms with van der Waals surface area (Å²) in [6, 6.07) is 5.29. The quantitative estimate of drug-likeness (QED) is 0.894. The van der Waals surface area contributed by atoms with E-state index in [1.165, 1.54) is 0 Å². The van der Waals surface area contributed by atoms with Gasteiger partial charge in [0.05, 0.1) is 22.0 Å². The second-order valence-electron chi connectivity index (χ2n) is 4.50. The first-order valence-corrected chi connectivity index (χ1v) is 6.63. The summed E-state index contributed by atoms with van der Waals surface area (Å²) in [7, 11) is 0. The van der Waals surface area contributed by atoms with E-state index in [9.17, 15) is 0 Å². The maximum Gasteiger partial charge on any atom is 0.121 e. The summed E-state index contributed by atoms with van der Waals surface area (Å²) in [6.45, 7) is 2.91. The van der Waals surface area contributed by atoms with Crippen LogP contribution >= 0.6 is 23.2 Å². The van der Waals surface area contributed by atoms with E-state index in [2.05, 4.69) is 5.32 Å². The lowest BCUT2D eigenvalue weighted by Crippen LogP contribution is -2.21. The molecule has 0 fully saturated rings. The van der Waals surface area contributed by atoms with Crippen LogP contribution in [0.25, 0.3) is 0 Å². The van der Waals surface area contributed by atoms with Crippen LogP contribution in [0.15, 0.2) is 30.1 Å². The molecule has 0 aliphatic carbocycles. The van der Waals surface area contributed by atoms with E-state index in [1.807, 2.05) is 19.1 Å². The lowest BCUT2D eigenvalue weighted by atomic mass is 10.0. The van der Waals surface area contributed by atoms with Crippen molar-refractivity contribution in [2.75, 3.05) is 6.54 Å². The van der Waals surface area contributed by atoms with Gasteiger partial charge in [-0.3, -0.25) is 0 Å². The Hall–Kier alpha value is -1.06. The van der Waals surface area contributed by atoms with Gasteiger partial charge in [0.2, 0.25) is 0 Å². The minimum Gasteiger partial charge on any atom is -0.491 e. The molecule has 98 valence electrons. The lowest BCUT2D eigenvalue weighted by molar-refractivity contribution is 0.197. The standard InChI is InChI=1S/C13H16Cl2N2O/c1-8(4-9-5-13(16)17-7-9)18-10-2-3-11(14)12(15)6-10/h2-3,5-6,8-9,17H,4,7,16H2,1H3/t8-,9-/m0/s1. The van der Waals surface area contributed by atoms with E-state index in [0.29, 0.717) is 16.0 Å². The van der Waals surface area contributed by atoms with Gasteiger partial charge in [0, 0.05) is 18.5 Å². The molecule has 0 amide bonds. The van der Waals surface area contributed by atoms with E-state index < -0.39 is 0 Å². The number of nitrogens with one attached hydrogen (secondary N) is 1. The number of nitrogens with two attached hydrogens (primary N) is 1. The summed E-state index contributed by atoms with van der Waals surface area (Å²) < 4.78 is 5.81. The van der Waals surface area contributed by atoms with Crippen LogP contribution in [0, 0.1) is 5.92 Å². The van der Waals surface area contributed by atoms with E-state index in [1.54, 1.807) is 12.1 Å². The fourth-order valence-electron chi connectivity index (χ4n) is 2.03. The highest BCUT2D eigenvalue weighted by atomic mass is 35.5. The minimum atomic E-state index is 0.0937. The van der Waals surface area contributed by atoms with Crippen molar-refractivity contribution in [3.63, 3.8) is 0 Å². The largest absolute Gasteiger partial charge is 0.491 e. The molecule has 0 spiro atoms. The molecule has 0 saturated heterocycles. The Morgan fingerprint density at radius 2 is 2.22 bits per heavy atom. The van der Waals surface area contributed by atoms with E-state index in [0.717, 1.165) is 24.5 Å². The van der Waals surface area contributed by atoms with Crippen molar-refractivity contribution >= 4 is 23.2 Å². The third kappa shape index (κ3) is 3.47. The predicted octanol–water partition coefficient (Wildman–Crippen LogP) is 3.17. The van der Waals surface area contributed by atoms with Crippen LogP contribution in [0.2, 0.25) is 10.0 Å². The third-order valence-electron chi connectivity index (χ3n) is 2.85. The van der Waals surface area contributed by atoms with Crippen LogP contribution < -0.4 is 15.8 Å². The fraction of sp³-hybridized carbons (Fsp3) is 0.385. The summed E-state index contributed by atoms with van der Waals surface area (Å²) in [5.41, 5.74) is 5.67. The highest BCUT2D eigenvalue weighted by Crippen LogP contribution is 2.27. The van der Waals surface area contributed by atoms with Crippen LogP contribution in [-0.2, 0) is 0 Å². The average Bonchev–Trinajstić information content (AvgIpc) is 2.69. The Kier molecular flexibility index (Phi) is 4.25. The molecular weight excluding hydrogens is 271 g/mol. The first kappa shape index (κ1) is 13.4. The Morgan fingerprint density at radius 1 is 1.44 bits per heavy atom. The van der Waals surface area contributed by atoms with Crippen LogP contribution in [0.1, 0.15) is 13.3 Å². The van der Waals surface area contributed by atoms with Gasteiger partial charge in [0.25, 0.3) is 0 Å². The molecule has 0 saturated carbocycles. The van der Waals surface area contributed by atoms with Gasteiger partial charge in [0.15, 0.2) is 0 Å². The fourth-order valence-corrected chi connectivity index (χ4v) is 2.32. The van der Waals surface area contributed by atoms with E-state index in [-0.39, 0.29) is 6.10 Å². The van der Waals surface area contributed by atoms with E-state index in [4.69, 9.17) is 33.7 Å². The van der Waals surface area contributed by atoms with Crippen molar-refractivity contribution in [3.05, 3.63) is 40.1 Å². The van der Waals surface area contributed by atoms with Crippen LogP contribution in [0.4, 0.5) is 0 Å². The van der Waals surface area contributed by atoms with Gasteiger partial charge < -0.3 is 15.8 Å². The summed E-state index contributed by atoms with van der Waals surface area (Å²) in [5.74, 6) is 1.91. The van der Waals surface area contributed by atoms with Gasteiger partial charge >= 0.3 is 0 Å². The normalized spacial score (nSPS) is 20.2. The number of rotatable bonds is 4. The molecule has 2 atom stereocenters. The predicted molar refractivity (Wildman–Crippen MR) is 74.9 cm³/mol. The summed E-state index contributed by atoms with van der Waals surface area (Å²) in [6.07, 6.45) is 3.04. The second kappa shape index (κ2) is 5.72. The molecule has 1 aliphatic heterocycles. The number of hydrogen-bond acceptors (Lipinski definition) is 3. The van der Waals surface area contributed by atoms with Crippen LogP contribution in [0.3, 0.4) is 0 Å². The van der Waals surface area contributed by atoms with Crippen molar-refractivity contribution in [2.45, 2.75) is 19.4 Å². The summed E-state index contributed by atoms with van der Waals surface area (Å²) >= 11 is 11.8. The maximum absolute atomic E-state index is 5.94. The lowest BCUT2D eigenvalue weighted by Gasteiger charge is -2.17. The number of ether oxygens (including phenoxy) is 1. The van der Waals surface area contributed by atoms with Crippen molar-refractivity contribution in [1.82, 2.24) is 5.32 Å². The number of halogens is 2. The zero-order valence-electron chi connectivity index (χ0n) is 10.1. The number of hydrogen-bond donors (Lipinski definition) is 2. The molecule has 1 aliphatic rings. The van der Waals surface area contributed by atoms with Crippen molar-refractivity contribution in [3.8, 4) is 5.75 Å². The zero-order valence-corrected chi connectivity index (χ0v) is 11.6. The Balaban J connectivity index is 1.90. The monoisotopic (exact) mass is 286 g/mol. The number of benzene rings is 1. The minimum absolute atomic E-state index is 0.0937. The first-order valence-electron chi connectivity index (χ1n) is 5.87. The molecule has 0 unspecified atom stereocenters. The molecule has 18 heavy (non-hydrogen) atoms. The Morgan fingerprint density at radius 3 is 2.83 bits per heavy atom. The molecule has 2 rings (SSSR count). The molecule has 3 N–H and O–H groups in total. The molecule has 1 heterocycles.